The van der Waals surface area contributed by atoms with E-state index in [9.17, 15) is 0 Å². The van der Waals surface area contributed by atoms with Crippen LogP contribution in [0.15, 0.2) is 34.9 Å². The SMILES string of the molecule is Cc1cccc(-c2nnc(Cn3cc(C(C)Cl)nn3)o2)c1. The second kappa shape index (κ2) is 5.65. The third-order valence-electron chi connectivity index (χ3n) is 2.99. The van der Waals surface area contributed by atoms with E-state index in [-0.39, 0.29) is 5.38 Å². The molecule has 0 aliphatic carbocycles. The van der Waals surface area contributed by atoms with Crippen molar-refractivity contribution in [2.75, 3.05) is 0 Å². The molecular weight excluding hydrogens is 290 g/mol. The lowest BCUT2D eigenvalue weighted by atomic mass is 10.1. The van der Waals surface area contributed by atoms with Crippen molar-refractivity contribution in [3.8, 4) is 11.5 Å². The largest absolute Gasteiger partial charge is 0.419 e. The van der Waals surface area contributed by atoms with Crippen LogP contribution in [0.2, 0.25) is 0 Å². The van der Waals surface area contributed by atoms with E-state index in [2.05, 4.69) is 20.5 Å². The van der Waals surface area contributed by atoms with Crippen molar-refractivity contribution in [3.63, 3.8) is 0 Å². The molecule has 0 fully saturated rings. The molecule has 0 aliphatic rings. The van der Waals surface area contributed by atoms with Crippen LogP contribution in [0.1, 0.15) is 29.4 Å². The average Bonchev–Trinajstić information content (AvgIpc) is 3.08. The van der Waals surface area contributed by atoms with E-state index in [1.54, 1.807) is 10.9 Å². The number of aromatic nitrogens is 5. The highest BCUT2D eigenvalue weighted by atomic mass is 35.5. The Balaban J connectivity index is 1.78. The third-order valence-corrected chi connectivity index (χ3v) is 3.22. The first kappa shape index (κ1) is 13.8. The number of benzene rings is 1. The second-order valence-electron chi connectivity index (χ2n) is 4.83. The summed E-state index contributed by atoms with van der Waals surface area (Å²) in [4.78, 5) is 0. The Morgan fingerprint density at radius 1 is 1.29 bits per heavy atom. The number of hydrogen-bond donors (Lipinski definition) is 0. The first-order chi connectivity index (χ1) is 10.1. The number of hydrogen-bond acceptors (Lipinski definition) is 5. The van der Waals surface area contributed by atoms with E-state index in [0.717, 1.165) is 16.8 Å². The fourth-order valence-electron chi connectivity index (χ4n) is 1.92. The van der Waals surface area contributed by atoms with Gasteiger partial charge in [0.25, 0.3) is 0 Å². The highest BCUT2D eigenvalue weighted by Crippen LogP contribution is 2.19. The van der Waals surface area contributed by atoms with Gasteiger partial charge < -0.3 is 4.42 Å². The number of nitrogens with zero attached hydrogens (tertiary/aromatic N) is 5. The van der Waals surface area contributed by atoms with Crippen LogP contribution in [-0.2, 0) is 6.54 Å². The van der Waals surface area contributed by atoms with E-state index in [4.69, 9.17) is 16.0 Å². The molecule has 0 N–H and O–H groups in total. The molecule has 0 spiro atoms. The van der Waals surface area contributed by atoms with Gasteiger partial charge in [-0.15, -0.1) is 26.9 Å². The molecule has 1 unspecified atom stereocenters. The summed E-state index contributed by atoms with van der Waals surface area (Å²) in [6.45, 7) is 4.24. The minimum atomic E-state index is -0.177. The zero-order chi connectivity index (χ0) is 14.8. The minimum absolute atomic E-state index is 0.177. The molecule has 1 aromatic carbocycles. The summed E-state index contributed by atoms with van der Waals surface area (Å²) < 4.78 is 7.28. The smallest absolute Gasteiger partial charge is 0.247 e. The maximum atomic E-state index is 5.95. The maximum Gasteiger partial charge on any atom is 0.247 e. The van der Waals surface area contributed by atoms with Gasteiger partial charge >= 0.3 is 0 Å². The molecule has 2 aromatic heterocycles. The summed E-state index contributed by atoms with van der Waals surface area (Å²) in [6, 6.07) is 7.91. The first-order valence-corrected chi connectivity index (χ1v) is 6.99. The quantitative estimate of drug-likeness (QED) is 0.693. The van der Waals surface area contributed by atoms with Crippen LogP contribution in [0.3, 0.4) is 0 Å². The van der Waals surface area contributed by atoms with Gasteiger partial charge in [0.2, 0.25) is 11.8 Å². The van der Waals surface area contributed by atoms with Crippen molar-refractivity contribution in [3.05, 3.63) is 47.6 Å². The Hall–Kier alpha value is -2.21. The van der Waals surface area contributed by atoms with Crippen LogP contribution >= 0.6 is 11.6 Å². The summed E-state index contributed by atoms with van der Waals surface area (Å²) in [7, 11) is 0. The molecule has 6 nitrogen and oxygen atoms in total. The highest BCUT2D eigenvalue weighted by Gasteiger charge is 2.11. The van der Waals surface area contributed by atoms with Crippen LogP contribution in [0.4, 0.5) is 0 Å². The van der Waals surface area contributed by atoms with E-state index < -0.39 is 0 Å². The Morgan fingerprint density at radius 2 is 2.14 bits per heavy atom. The van der Waals surface area contributed by atoms with Gasteiger partial charge in [-0.05, 0) is 26.0 Å². The molecule has 7 heteroatoms. The van der Waals surface area contributed by atoms with Gasteiger partial charge in [0.1, 0.15) is 12.2 Å². The fraction of sp³-hybridized carbons (Fsp3) is 0.286. The summed E-state index contributed by atoms with van der Waals surface area (Å²) >= 11 is 5.95. The molecule has 21 heavy (non-hydrogen) atoms. The zero-order valence-corrected chi connectivity index (χ0v) is 12.4. The van der Waals surface area contributed by atoms with E-state index in [0.29, 0.717) is 18.3 Å². The lowest BCUT2D eigenvalue weighted by Crippen LogP contribution is -2.00. The Kier molecular flexibility index (Phi) is 3.70. The van der Waals surface area contributed by atoms with E-state index >= 15 is 0 Å². The molecule has 1 atom stereocenters. The summed E-state index contributed by atoms with van der Waals surface area (Å²) in [5.74, 6) is 0.977. The third kappa shape index (κ3) is 3.11. The molecule has 0 saturated heterocycles. The molecular formula is C14H14ClN5O. The van der Waals surface area contributed by atoms with Crippen LogP contribution in [0.25, 0.3) is 11.5 Å². The second-order valence-corrected chi connectivity index (χ2v) is 5.48. The number of rotatable bonds is 4. The van der Waals surface area contributed by atoms with Gasteiger partial charge in [-0.25, -0.2) is 4.68 Å². The number of halogens is 1. The molecule has 0 aliphatic heterocycles. The van der Waals surface area contributed by atoms with Gasteiger partial charge in [-0.2, -0.15) is 0 Å². The predicted molar refractivity (Wildman–Crippen MR) is 77.9 cm³/mol. The Labute approximate surface area is 126 Å². The molecule has 2 heterocycles. The summed E-state index contributed by atoms with van der Waals surface area (Å²) in [5.41, 5.74) is 2.77. The molecule has 0 amide bonds. The molecule has 3 rings (SSSR count). The zero-order valence-electron chi connectivity index (χ0n) is 11.7. The van der Waals surface area contributed by atoms with Crippen LogP contribution < -0.4 is 0 Å². The number of alkyl halides is 1. The van der Waals surface area contributed by atoms with Crippen molar-refractivity contribution in [1.29, 1.82) is 0 Å². The van der Waals surface area contributed by atoms with Gasteiger partial charge in [-0.3, -0.25) is 0 Å². The Bertz CT molecular complexity index is 749. The van der Waals surface area contributed by atoms with Gasteiger partial charge in [0.05, 0.1) is 11.6 Å². The van der Waals surface area contributed by atoms with Gasteiger partial charge in [-0.1, -0.05) is 22.9 Å². The summed E-state index contributed by atoms with van der Waals surface area (Å²) in [5, 5.41) is 15.9. The van der Waals surface area contributed by atoms with E-state index in [1.165, 1.54) is 0 Å². The first-order valence-electron chi connectivity index (χ1n) is 6.55. The van der Waals surface area contributed by atoms with Crippen LogP contribution in [0, 0.1) is 6.92 Å². The topological polar surface area (TPSA) is 69.6 Å². The minimum Gasteiger partial charge on any atom is -0.419 e. The lowest BCUT2D eigenvalue weighted by Gasteiger charge is -1.96. The van der Waals surface area contributed by atoms with Crippen molar-refractivity contribution in [2.24, 2.45) is 0 Å². The van der Waals surface area contributed by atoms with Crippen molar-refractivity contribution >= 4 is 11.6 Å². The van der Waals surface area contributed by atoms with Crippen molar-refractivity contribution in [2.45, 2.75) is 25.8 Å². The van der Waals surface area contributed by atoms with Crippen molar-refractivity contribution in [1.82, 2.24) is 25.2 Å². The normalized spacial score (nSPS) is 12.5. The van der Waals surface area contributed by atoms with Gasteiger partial charge in [0, 0.05) is 5.56 Å². The lowest BCUT2D eigenvalue weighted by molar-refractivity contribution is 0.469. The maximum absolute atomic E-state index is 5.95. The summed E-state index contributed by atoms with van der Waals surface area (Å²) in [6.07, 6.45) is 1.77. The molecule has 0 radical (unpaired) electrons. The van der Waals surface area contributed by atoms with Crippen LogP contribution in [-0.4, -0.2) is 25.2 Å². The molecule has 3 aromatic rings. The van der Waals surface area contributed by atoms with Crippen molar-refractivity contribution < 1.29 is 4.42 Å². The molecule has 0 bridgehead atoms. The average molecular weight is 304 g/mol. The van der Waals surface area contributed by atoms with Crippen LogP contribution in [0.5, 0.6) is 0 Å². The molecule has 0 saturated carbocycles. The molecule has 108 valence electrons. The number of aryl methyl sites for hydroxylation is 1. The Morgan fingerprint density at radius 3 is 2.86 bits per heavy atom. The standard InChI is InChI=1S/C14H14ClN5O/c1-9-4-3-5-11(6-9)14-18-17-13(21-14)8-20-7-12(10(2)15)16-19-20/h3-7,10H,8H2,1-2H3. The highest BCUT2D eigenvalue weighted by molar-refractivity contribution is 6.20. The van der Waals surface area contributed by atoms with Gasteiger partial charge in [0.15, 0.2) is 0 Å². The monoisotopic (exact) mass is 303 g/mol. The fourth-order valence-corrected chi connectivity index (χ4v) is 2.02. The van der Waals surface area contributed by atoms with E-state index in [1.807, 2.05) is 38.1 Å². The predicted octanol–water partition coefficient (Wildman–Crippen LogP) is 2.98.